The van der Waals surface area contributed by atoms with Crippen LogP contribution in [-0.4, -0.2) is 17.2 Å². The molecule has 0 amide bonds. The van der Waals surface area contributed by atoms with Gasteiger partial charge in [0.15, 0.2) is 5.54 Å². The largest absolute Gasteiger partial charge is 0.480 e. The quantitative estimate of drug-likeness (QED) is 0.888. The molecule has 5 heteroatoms. The van der Waals surface area contributed by atoms with Crippen molar-refractivity contribution in [3.05, 3.63) is 34.3 Å². The van der Waals surface area contributed by atoms with Gasteiger partial charge in [0.2, 0.25) is 0 Å². The maximum atomic E-state index is 13.3. The molecule has 0 saturated carbocycles. The molecule has 0 fully saturated rings. The predicted molar refractivity (Wildman–Crippen MR) is 58.2 cm³/mol. The second-order valence-electron chi connectivity index (χ2n) is 3.30. The summed E-state index contributed by atoms with van der Waals surface area (Å²) in [5, 5.41) is 8.95. The van der Waals surface area contributed by atoms with Crippen molar-refractivity contribution in [2.24, 2.45) is 5.73 Å². The van der Waals surface area contributed by atoms with Crippen LogP contribution in [0.4, 0.5) is 4.39 Å². The van der Waals surface area contributed by atoms with Crippen LogP contribution in [-0.2, 0) is 10.3 Å². The number of hydrogen-bond donors (Lipinski definition) is 2. The van der Waals surface area contributed by atoms with Crippen LogP contribution in [0, 0.1) is 0 Å². The molecule has 0 bridgehead atoms. The van der Waals surface area contributed by atoms with Crippen LogP contribution in [0.5, 0.6) is 0 Å². The second-order valence-corrected chi connectivity index (χ2v) is 4.21. The number of alkyl halides is 1. The summed E-state index contributed by atoms with van der Waals surface area (Å²) in [6.07, 6.45) is -1.67. The van der Waals surface area contributed by atoms with Gasteiger partial charge in [0.05, 0.1) is 0 Å². The molecule has 0 aliphatic rings. The molecular formula is C10H11BrFNO2. The summed E-state index contributed by atoms with van der Waals surface area (Å²) in [6.45, 7) is 1.14. The normalized spacial score (nSPS) is 16.8. The smallest absolute Gasteiger partial charge is 0.331 e. The first-order chi connectivity index (χ1) is 6.89. The van der Waals surface area contributed by atoms with E-state index in [0.29, 0.717) is 0 Å². The number of rotatable bonds is 3. The van der Waals surface area contributed by atoms with Gasteiger partial charge in [0.1, 0.15) is 6.17 Å². The summed E-state index contributed by atoms with van der Waals surface area (Å²) in [5.74, 6) is -1.38. The molecular weight excluding hydrogens is 265 g/mol. The molecule has 0 aromatic heterocycles. The molecule has 3 nitrogen and oxygen atoms in total. The van der Waals surface area contributed by atoms with Gasteiger partial charge in [-0.1, -0.05) is 28.1 Å². The lowest BCUT2D eigenvalue weighted by molar-refractivity contribution is -0.146. The number of carboxylic acids is 1. The van der Waals surface area contributed by atoms with Crippen molar-refractivity contribution < 1.29 is 14.3 Å². The molecule has 1 aromatic carbocycles. The highest BCUT2D eigenvalue weighted by molar-refractivity contribution is 9.10. The topological polar surface area (TPSA) is 63.3 Å². The fourth-order valence-electron chi connectivity index (χ4n) is 1.25. The maximum Gasteiger partial charge on any atom is 0.331 e. The molecule has 2 atom stereocenters. The molecule has 15 heavy (non-hydrogen) atoms. The van der Waals surface area contributed by atoms with Crippen LogP contribution in [0.1, 0.15) is 12.5 Å². The zero-order valence-electron chi connectivity index (χ0n) is 8.08. The van der Waals surface area contributed by atoms with Crippen LogP contribution in [0.15, 0.2) is 28.7 Å². The number of nitrogens with two attached hydrogens (primary N) is 1. The molecule has 1 aromatic rings. The number of halogens is 2. The Bertz CT molecular complexity index is 366. The highest BCUT2D eigenvalue weighted by Crippen LogP contribution is 2.26. The van der Waals surface area contributed by atoms with E-state index in [1.165, 1.54) is 12.1 Å². The molecule has 0 saturated heterocycles. The minimum atomic E-state index is -1.99. The number of hydrogen-bond acceptors (Lipinski definition) is 2. The SMILES string of the molecule is CC(F)C(N)(C(=O)O)c1ccc(Br)cc1. The van der Waals surface area contributed by atoms with E-state index >= 15 is 0 Å². The third-order valence-electron chi connectivity index (χ3n) is 2.30. The number of carboxylic acid groups (broad SMARTS) is 1. The van der Waals surface area contributed by atoms with Crippen molar-refractivity contribution in [2.75, 3.05) is 0 Å². The van der Waals surface area contributed by atoms with Gasteiger partial charge in [-0.3, -0.25) is 0 Å². The lowest BCUT2D eigenvalue weighted by Gasteiger charge is -2.26. The van der Waals surface area contributed by atoms with Crippen LogP contribution in [0.3, 0.4) is 0 Å². The van der Waals surface area contributed by atoms with Crippen molar-refractivity contribution in [1.29, 1.82) is 0 Å². The van der Waals surface area contributed by atoms with E-state index in [2.05, 4.69) is 15.9 Å². The van der Waals surface area contributed by atoms with Gasteiger partial charge in [-0.25, -0.2) is 9.18 Å². The van der Waals surface area contributed by atoms with E-state index in [9.17, 15) is 9.18 Å². The Balaban J connectivity index is 3.22. The highest BCUT2D eigenvalue weighted by atomic mass is 79.9. The molecule has 0 heterocycles. The van der Waals surface area contributed by atoms with E-state index in [0.717, 1.165) is 11.4 Å². The van der Waals surface area contributed by atoms with Gasteiger partial charge < -0.3 is 10.8 Å². The Kier molecular flexibility index (Phi) is 3.46. The predicted octanol–water partition coefficient (Wildman–Crippen LogP) is 2.05. The fraction of sp³-hybridized carbons (Fsp3) is 0.300. The van der Waals surface area contributed by atoms with Crippen molar-refractivity contribution in [1.82, 2.24) is 0 Å². The average Bonchev–Trinajstić information content (AvgIpc) is 2.17. The van der Waals surface area contributed by atoms with Crippen LogP contribution < -0.4 is 5.73 Å². The van der Waals surface area contributed by atoms with Gasteiger partial charge in [-0.2, -0.15) is 0 Å². The molecule has 0 spiro atoms. The Hall–Kier alpha value is -0.940. The van der Waals surface area contributed by atoms with Gasteiger partial charge in [-0.05, 0) is 24.6 Å². The average molecular weight is 276 g/mol. The minimum Gasteiger partial charge on any atom is -0.480 e. The maximum absolute atomic E-state index is 13.3. The fourth-order valence-corrected chi connectivity index (χ4v) is 1.51. The monoisotopic (exact) mass is 275 g/mol. The van der Waals surface area contributed by atoms with Gasteiger partial charge >= 0.3 is 5.97 Å². The second kappa shape index (κ2) is 4.28. The van der Waals surface area contributed by atoms with E-state index < -0.39 is 17.7 Å². The van der Waals surface area contributed by atoms with Crippen LogP contribution in [0.25, 0.3) is 0 Å². The summed E-state index contributed by atoms with van der Waals surface area (Å²) >= 11 is 3.20. The lowest BCUT2D eigenvalue weighted by atomic mass is 9.87. The third kappa shape index (κ3) is 2.18. The first kappa shape index (κ1) is 12.1. The Labute approximate surface area is 95.2 Å². The van der Waals surface area contributed by atoms with E-state index in [-0.39, 0.29) is 5.56 Å². The molecule has 0 radical (unpaired) electrons. The molecule has 82 valence electrons. The van der Waals surface area contributed by atoms with E-state index in [4.69, 9.17) is 10.8 Å². The number of benzene rings is 1. The summed E-state index contributed by atoms with van der Waals surface area (Å²) in [5.41, 5.74) is 3.82. The Morgan fingerprint density at radius 3 is 2.33 bits per heavy atom. The highest BCUT2D eigenvalue weighted by Gasteiger charge is 2.42. The minimum absolute atomic E-state index is 0.244. The number of carbonyl (C=O) groups is 1. The molecule has 2 unspecified atom stereocenters. The van der Waals surface area contributed by atoms with E-state index in [1.807, 2.05) is 0 Å². The number of aliphatic carboxylic acids is 1. The van der Waals surface area contributed by atoms with Gasteiger partial charge in [0.25, 0.3) is 0 Å². The van der Waals surface area contributed by atoms with Crippen molar-refractivity contribution in [3.8, 4) is 0 Å². The lowest BCUT2D eigenvalue weighted by Crippen LogP contribution is -2.51. The summed E-state index contributed by atoms with van der Waals surface area (Å²) < 4.78 is 14.1. The first-order valence-electron chi connectivity index (χ1n) is 4.31. The van der Waals surface area contributed by atoms with Gasteiger partial charge in [0, 0.05) is 4.47 Å². The molecule has 0 aliphatic carbocycles. The molecule has 1 rings (SSSR count). The van der Waals surface area contributed by atoms with Crippen LogP contribution in [0.2, 0.25) is 0 Å². The molecule has 3 N–H and O–H groups in total. The third-order valence-corrected chi connectivity index (χ3v) is 2.83. The Morgan fingerprint density at radius 2 is 2.00 bits per heavy atom. The van der Waals surface area contributed by atoms with E-state index in [1.54, 1.807) is 12.1 Å². The summed E-state index contributed by atoms with van der Waals surface area (Å²) in [6, 6.07) is 6.24. The van der Waals surface area contributed by atoms with Crippen molar-refractivity contribution in [2.45, 2.75) is 18.6 Å². The standard InChI is InChI=1S/C10H11BrFNO2/c1-6(12)10(13,9(14)15)7-2-4-8(11)5-3-7/h2-6H,13H2,1H3,(H,14,15). The summed E-state index contributed by atoms with van der Waals surface area (Å²) in [7, 11) is 0. The molecule has 0 aliphatic heterocycles. The van der Waals surface area contributed by atoms with Gasteiger partial charge in [-0.15, -0.1) is 0 Å². The zero-order chi connectivity index (χ0) is 11.6. The van der Waals surface area contributed by atoms with Crippen molar-refractivity contribution in [3.63, 3.8) is 0 Å². The summed E-state index contributed by atoms with van der Waals surface area (Å²) in [4.78, 5) is 11.0. The zero-order valence-corrected chi connectivity index (χ0v) is 9.66. The van der Waals surface area contributed by atoms with Crippen LogP contribution >= 0.6 is 15.9 Å². The van der Waals surface area contributed by atoms with Crippen molar-refractivity contribution >= 4 is 21.9 Å². The first-order valence-corrected chi connectivity index (χ1v) is 5.10. The Morgan fingerprint density at radius 1 is 1.53 bits per heavy atom.